The summed E-state index contributed by atoms with van der Waals surface area (Å²) in [4.78, 5) is 40.1. The second kappa shape index (κ2) is 9.92. The minimum absolute atomic E-state index is 0.0470. The van der Waals surface area contributed by atoms with E-state index in [9.17, 15) is 19.1 Å². The van der Waals surface area contributed by atoms with Crippen LogP contribution >= 0.6 is 0 Å². The third-order valence-corrected chi connectivity index (χ3v) is 7.16. The van der Waals surface area contributed by atoms with Crippen LogP contribution in [0.4, 0.5) is 31.2 Å². The molecule has 11 nitrogen and oxygen atoms in total. The number of aliphatic hydroxyl groups is 1. The van der Waals surface area contributed by atoms with Gasteiger partial charge in [-0.15, -0.1) is 0 Å². The Bertz CT molecular complexity index is 1460. The number of fused-ring (bicyclic) bond motifs is 2. The first-order chi connectivity index (χ1) is 18.7. The highest BCUT2D eigenvalue weighted by Crippen LogP contribution is 2.36. The van der Waals surface area contributed by atoms with Gasteiger partial charge in [0.15, 0.2) is 5.82 Å². The molecule has 1 fully saturated rings. The van der Waals surface area contributed by atoms with Crippen LogP contribution in [-0.2, 0) is 11.2 Å². The van der Waals surface area contributed by atoms with Gasteiger partial charge in [0.2, 0.25) is 0 Å². The van der Waals surface area contributed by atoms with Gasteiger partial charge in [0.1, 0.15) is 17.1 Å². The molecule has 3 aromatic heterocycles. The first-order valence-electron chi connectivity index (χ1n) is 13.4. The average Bonchev–Trinajstić information content (AvgIpc) is 3.44. The number of ether oxygens (including phenoxy) is 1. The van der Waals surface area contributed by atoms with E-state index in [1.54, 1.807) is 35.5 Å². The summed E-state index contributed by atoms with van der Waals surface area (Å²) >= 11 is 0. The zero-order valence-corrected chi connectivity index (χ0v) is 23.7. The number of carbonyl (C=O) groups excluding carboxylic acids is 2. The number of halogens is 1. The summed E-state index contributed by atoms with van der Waals surface area (Å²) in [5, 5.41) is 13.7. The first kappa shape index (κ1) is 27.6. The van der Waals surface area contributed by atoms with Gasteiger partial charge in [-0.1, -0.05) is 0 Å². The lowest BCUT2D eigenvalue weighted by Gasteiger charge is -2.47. The van der Waals surface area contributed by atoms with E-state index in [1.807, 2.05) is 33.8 Å². The van der Waals surface area contributed by atoms with Crippen LogP contribution in [0.25, 0.3) is 5.65 Å². The lowest BCUT2D eigenvalue weighted by Crippen LogP contribution is -2.63. The van der Waals surface area contributed by atoms with E-state index in [-0.39, 0.29) is 5.69 Å². The minimum Gasteiger partial charge on any atom is -0.444 e. The number of urea groups is 1. The lowest BCUT2D eigenvalue weighted by molar-refractivity contribution is -0.0406. The van der Waals surface area contributed by atoms with E-state index >= 15 is 0 Å². The summed E-state index contributed by atoms with van der Waals surface area (Å²) < 4.78 is 22.0. The molecule has 0 aromatic carbocycles. The maximum absolute atomic E-state index is 14.7. The highest BCUT2D eigenvalue weighted by atomic mass is 19.1. The van der Waals surface area contributed by atoms with E-state index in [0.717, 1.165) is 16.9 Å². The molecule has 40 heavy (non-hydrogen) atoms. The van der Waals surface area contributed by atoms with Gasteiger partial charge >= 0.3 is 12.1 Å². The Kier molecular flexibility index (Phi) is 6.85. The summed E-state index contributed by atoms with van der Waals surface area (Å²) in [6, 6.07) is 2.17. The standard InChI is InChI=1S/C28H36FN7O4/c1-17-14-34-15-20(19(29)13-23(34)31-17)32-25(37)36-10-8-18-21(7-9-30-24(18)36)33-11-12-35(22(16-33)28(5,6)39)26(38)40-27(2,3)4/h7,9,13-15,22,39H,8,10-12,16H2,1-6H3,(H,32,37)/t22-/m1/s1. The third-order valence-electron chi connectivity index (χ3n) is 7.16. The van der Waals surface area contributed by atoms with Gasteiger partial charge < -0.3 is 24.5 Å². The molecule has 3 aromatic rings. The number of amides is 3. The molecule has 0 unspecified atom stereocenters. The number of imidazole rings is 1. The Hall–Kier alpha value is -3.93. The molecule has 214 valence electrons. The van der Waals surface area contributed by atoms with Crippen LogP contribution in [0.15, 0.2) is 30.7 Å². The van der Waals surface area contributed by atoms with E-state index < -0.39 is 35.2 Å². The molecule has 2 aliphatic heterocycles. The molecule has 0 bridgehead atoms. The number of rotatable bonds is 3. The number of nitrogens with one attached hydrogen (secondary N) is 1. The number of aryl methyl sites for hydroxylation is 1. The fourth-order valence-corrected chi connectivity index (χ4v) is 5.32. The van der Waals surface area contributed by atoms with Crippen LogP contribution in [0, 0.1) is 12.7 Å². The van der Waals surface area contributed by atoms with E-state index in [1.165, 1.54) is 17.2 Å². The summed E-state index contributed by atoms with van der Waals surface area (Å²) in [6.07, 6.45) is 5.00. The molecule has 12 heteroatoms. The number of hydrogen-bond donors (Lipinski definition) is 2. The SMILES string of the molecule is Cc1cn2cc(NC(=O)N3CCc4c(N5CCN(C(=O)OC(C)(C)C)[C@@H](C(C)(C)O)C5)ccnc43)c(F)cc2n1. The zero-order chi connectivity index (χ0) is 29.0. The largest absolute Gasteiger partial charge is 0.444 e. The van der Waals surface area contributed by atoms with Crippen molar-refractivity contribution in [3.05, 3.63) is 47.8 Å². The smallest absolute Gasteiger partial charge is 0.410 e. The number of aromatic nitrogens is 3. The molecule has 1 atom stereocenters. The molecule has 5 heterocycles. The predicted molar refractivity (Wildman–Crippen MR) is 149 cm³/mol. The van der Waals surface area contributed by atoms with Crippen molar-refractivity contribution in [1.29, 1.82) is 0 Å². The van der Waals surface area contributed by atoms with Crippen molar-refractivity contribution >= 4 is 35.0 Å². The number of carbonyl (C=O) groups is 2. The molecule has 0 saturated carbocycles. The number of anilines is 3. The minimum atomic E-state index is -1.18. The molecule has 3 amide bonds. The van der Waals surface area contributed by atoms with Crippen molar-refractivity contribution in [2.24, 2.45) is 0 Å². The summed E-state index contributed by atoms with van der Waals surface area (Å²) in [6.45, 7) is 12.3. The van der Waals surface area contributed by atoms with Crippen LogP contribution in [0.1, 0.15) is 45.9 Å². The molecular weight excluding hydrogens is 517 g/mol. The second-order valence-corrected chi connectivity index (χ2v) is 11.9. The number of pyridine rings is 2. The van der Waals surface area contributed by atoms with Crippen LogP contribution in [-0.4, -0.2) is 79.9 Å². The Morgan fingerprint density at radius 1 is 1.15 bits per heavy atom. The molecule has 1 saturated heterocycles. The quantitative estimate of drug-likeness (QED) is 0.504. The van der Waals surface area contributed by atoms with Gasteiger partial charge in [-0.3, -0.25) is 9.80 Å². The molecule has 0 radical (unpaired) electrons. The maximum Gasteiger partial charge on any atom is 0.410 e. The zero-order valence-electron chi connectivity index (χ0n) is 23.7. The highest BCUT2D eigenvalue weighted by molar-refractivity contribution is 6.03. The second-order valence-electron chi connectivity index (χ2n) is 11.9. The monoisotopic (exact) mass is 553 g/mol. The molecule has 0 spiro atoms. The van der Waals surface area contributed by atoms with Crippen molar-refractivity contribution in [3.8, 4) is 0 Å². The van der Waals surface area contributed by atoms with Gasteiger partial charge in [0.05, 0.1) is 23.0 Å². The highest BCUT2D eigenvalue weighted by Gasteiger charge is 2.42. The predicted octanol–water partition coefficient (Wildman–Crippen LogP) is 3.97. The van der Waals surface area contributed by atoms with Crippen molar-refractivity contribution in [2.75, 3.05) is 41.3 Å². The van der Waals surface area contributed by atoms with Gasteiger partial charge in [0.25, 0.3) is 0 Å². The van der Waals surface area contributed by atoms with Crippen molar-refractivity contribution in [2.45, 2.75) is 65.2 Å². The molecule has 5 rings (SSSR count). The Labute approximate surface area is 232 Å². The summed E-state index contributed by atoms with van der Waals surface area (Å²) in [7, 11) is 0. The fourth-order valence-electron chi connectivity index (χ4n) is 5.32. The van der Waals surface area contributed by atoms with Gasteiger partial charge in [-0.2, -0.15) is 0 Å². The Morgan fingerprint density at radius 2 is 1.90 bits per heavy atom. The molecule has 0 aliphatic carbocycles. The molecule has 2 aliphatic rings. The number of hydrogen-bond acceptors (Lipinski definition) is 7. The van der Waals surface area contributed by atoms with Crippen molar-refractivity contribution < 1.29 is 23.8 Å². The van der Waals surface area contributed by atoms with Crippen LogP contribution in [0.3, 0.4) is 0 Å². The van der Waals surface area contributed by atoms with Gasteiger partial charge in [0, 0.05) is 62.1 Å². The van der Waals surface area contributed by atoms with E-state index in [2.05, 4.69) is 20.2 Å². The number of nitrogens with zero attached hydrogens (tertiary/aromatic N) is 6. The molecular formula is C28H36FN7O4. The van der Waals surface area contributed by atoms with Gasteiger partial charge in [-0.05, 0) is 54.0 Å². The molecule has 2 N–H and O–H groups in total. The van der Waals surface area contributed by atoms with Crippen LogP contribution in [0.5, 0.6) is 0 Å². The van der Waals surface area contributed by atoms with Crippen molar-refractivity contribution in [1.82, 2.24) is 19.3 Å². The average molecular weight is 554 g/mol. The first-order valence-corrected chi connectivity index (χ1v) is 13.4. The third kappa shape index (κ3) is 5.40. The van der Waals surface area contributed by atoms with Crippen LogP contribution < -0.4 is 15.1 Å². The van der Waals surface area contributed by atoms with E-state index in [4.69, 9.17) is 4.74 Å². The van der Waals surface area contributed by atoms with E-state index in [0.29, 0.717) is 44.1 Å². The van der Waals surface area contributed by atoms with Gasteiger partial charge in [-0.25, -0.2) is 23.9 Å². The van der Waals surface area contributed by atoms with Crippen molar-refractivity contribution in [3.63, 3.8) is 0 Å². The Balaban J connectivity index is 1.36. The summed E-state index contributed by atoms with van der Waals surface area (Å²) in [5.41, 5.74) is 1.19. The fraction of sp³-hybridized carbons (Fsp3) is 0.500. The lowest BCUT2D eigenvalue weighted by atomic mass is 9.94. The number of piperazine rings is 1. The van der Waals surface area contributed by atoms with Crippen LogP contribution in [0.2, 0.25) is 0 Å². The summed E-state index contributed by atoms with van der Waals surface area (Å²) in [5.74, 6) is -0.0718. The topological polar surface area (TPSA) is 116 Å². The Morgan fingerprint density at radius 3 is 2.60 bits per heavy atom. The normalized spacial score (nSPS) is 17.8. The maximum atomic E-state index is 14.7.